The average molecular weight is 262 g/mol. The van der Waals surface area contributed by atoms with Crippen molar-refractivity contribution in [3.05, 3.63) is 30.3 Å². The molecule has 1 aromatic rings. The minimum Gasteiger partial charge on any atom is -0.352 e. The number of benzene rings is 1. The van der Waals surface area contributed by atoms with Crippen LogP contribution in [-0.2, 0) is 0 Å². The van der Waals surface area contributed by atoms with E-state index in [0.29, 0.717) is 0 Å². The van der Waals surface area contributed by atoms with Crippen LogP contribution in [0, 0.1) is 0 Å². The van der Waals surface area contributed by atoms with Gasteiger partial charge in [0, 0.05) is 12.7 Å². The zero-order valence-electron chi connectivity index (χ0n) is 11.3. The Kier molecular flexibility index (Phi) is 3.09. The molecule has 1 atom stereocenters. The second kappa shape index (κ2) is 4.46. The van der Waals surface area contributed by atoms with E-state index in [0.717, 1.165) is 5.69 Å². The van der Waals surface area contributed by atoms with Gasteiger partial charge in [0.1, 0.15) is 6.17 Å². The van der Waals surface area contributed by atoms with Crippen molar-refractivity contribution in [2.45, 2.75) is 25.6 Å². The SMILES string of the molecule is CN1C(=O)N(c2ccccc2)C(NC(N)=O)C1(C)C. The molecular weight excluding hydrogens is 244 g/mol. The maximum Gasteiger partial charge on any atom is 0.326 e. The first kappa shape index (κ1) is 13.2. The molecule has 0 saturated carbocycles. The molecule has 2 rings (SSSR count). The summed E-state index contributed by atoms with van der Waals surface area (Å²) in [7, 11) is 1.71. The van der Waals surface area contributed by atoms with Gasteiger partial charge in [-0.1, -0.05) is 18.2 Å². The summed E-state index contributed by atoms with van der Waals surface area (Å²) in [5.41, 5.74) is 5.39. The molecule has 0 radical (unpaired) electrons. The molecule has 0 aliphatic carbocycles. The largest absolute Gasteiger partial charge is 0.352 e. The van der Waals surface area contributed by atoms with E-state index in [1.54, 1.807) is 16.8 Å². The lowest BCUT2D eigenvalue weighted by Crippen LogP contribution is -2.57. The lowest BCUT2D eigenvalue weighted by Gasteiger charge is -2.33. The number of urea groups is 2. The highest BCUT2D eigenvalue weighted by Crippen LogP contribution is 2.33. The Balaban J connectivity index is 2.44. The Morgan fingerprint density at radius 2 is 1.89 bits per heavy atom. The molecule has 6 heteroatoms. The van der Waals surface area contributed by atoms with Gasteiger partial charge in [-0.25, -0.2) is 9.59 Å². The first-order valence-corrected chi connectivity index (χ1v) is 6.03. The molecule has 0 bridgehead atoms. The topological polar surface area (TPSA) is 78.7 Å². The number of rotatable bonds is 2. The van der Waals surface area contributed by atoms with Crippen LogP contribution in [0.3, 0.4) is 0 Å². The first-order valence-electron chi connectivity index (χ1n) is 6.03. The second-order valence-electron chi connectivity index (χ2n) is 5.11. The van der Waals surface area contributed by atoms with Gasteiger partial charge in [-0.3, -0.25) is 4.90 Å². The van der Waals surface area contributed by atoms with E-state index in [-0.39, 0.29) is 6.03 Å². The Labute approximate surface area is 112 Å². The van der Waals surface area contributed by atoms with Gasteiger partial charge in [0.15, 0.2) is 0 Å². The van der Waals surface area contributed by atoms with Gasteiger partial charge in [-0.05, 0) is 26.0 Å². The summed E-state index contributed by atoms with van der Waals surface area (Å²) in [6.07, 6.45) is -0.509. The summed E-state index contributed by atoms with van der Waals surface area (Å²) in [5.74, 6) is 0. The minimum absolute atomic E-state index is 0.171. The number of nitrogens with zero attached hydrogens (tertiary/aromatic N) is 2. The van der Waals surface area contributed by atoms with Crippen LogP contribution in [0.2, 0.25) is 0 Å². The summed E-state index contributed by atoms with van der Waals surface area (Å²) >= 11 is 0. The quantitative estimate of drug-likeness (QED) is 0.843. The zero-order chi connectivity index (χ0) is 14.2. The molecule has 1 aliphatic heterocycles. The van der Waals surface area contributed by atoms with Crippen LogP contribution in [0.4, 0.5) is 15.3 Å². The Morgan fingerprint density at radius 1 is 1.32 bits per heavy atom. The lowest BCUT2D eigenvalue weighted by atomic mass is 10.0. The van der Waals surface area contributed by atoms with Crippen LogP contribution in [0.15, 0.2) is 30.3 Å². The zero-order valence-corrected chi connectivity index (χ0v) is 11.3. The second-order valence-corrected chi connectivity index (χ2v) is 5.11. The number of nitrogens with two attached hydrogens (primary N) is 1. The smallest absolute Gasteiger partial charge is 0.326 e. The molecule has 1 saturated heterocycles. The summed E-state index contributed by atoms with van der Waals surface area (Å²) in [5, 5.41) is 2.64. The average Bonchev–Trinajstić information content (AvgIpc) is 2.52. The van der Waals surface area contributed by atoms with Crippen molar-refractivity contribution in [2.24, 2.45) is 5.73 Å². The first-order chi connectivity index (χ1) is 8.85. The molecule has 102 valence electrons. The van der Waals surface area contributed by atoms with Crippen molar-refractivity contribution < 1.29 is 9.59 Å². The molecule has 4 amide bonds. The van der Waals surface area contributed by atoms with E-state index in [4.69, 9.17) is 5.73 Å². The number of hydrogen-bond acceptors (Lipinski definition) is 2. The van der Waals surface area contributed by atoms with E-state index in [9.17, 15) is 9.59 Å². The maximum absolute atomic E-state index is 12.4. The molecule has 0 aromatic heterocycles. The molecule has 1 aromatic carbocycles. The number of carbonyl (C=O) groups is 2. The van der Waals surface area contributed by atoms with Gasteiger partial charge in [-0.2, -0.15) is 0 Å². The molecular formula is C13H18N4O2. The van der Waals surface area contributed by atoms with Crippen LogP contribution in [-0.4, -0.2) is 35.7 Å². The number of para-hydroxylation sites is 1. The fraction of sp³-hybridized carbons (Fsp3) is 0.385. The number of amides is 4. The van der Waals surface area contributed by atoms with E-state index in [2.05, 4.69) is 5.32 Å². The van der Waals surface area contributed by atoms with Crippen molar-refractivity contribution >= 4 is 17.7 Å². The summed E-state index contributed by atoms with van der Waals surface area (Å²) in [6, 6.07) is 8.38. The Hall–Kier alpha value is -2.24. The maximum atomic E-state index is 12.4. The molecule has 1 unspecified atom stereocenters. The highest BCUT2D eigenvalue weighted by atomic mass is 16.2. The van der Waals surface area contributed by atoms with Crippen molar-refractivity contribution in [1.82, 2.24) is 10.2 Å². The summed E-state index contributed by atoms with van der Waals surface area (Å²) in [4.78, 5) is 26.7. The van der Waals surface area contributed by atoms with Crippen molar-refractivity contribution in [1.29, 1.82) is 0 Å². The van der Waals surface area contributed by atoms with Crippen LogP contribution in [0.25, 0.3) is 0 Å². The third kappa shape index (κ3) is 2.09. The number of primary amides is 1. The standard InChI is InChI=1S/C13H18N4O2/c1-13(2)10(15-11(14)18)17(12(19)16(13)3)9-7-5-4-6-8-9/h4-8,10H,1-3H3,(H3,14,15,18). The van der Waals surface area contributed by atoms with Gasteiger partial charge >= 0.3 is 12.1 Å². The number of carbonyl (C=O) groups excluding carboxylic acids is 2. The number of nitrogens with one attached hydrogen (secondary N) is 1. The number of likely N-dealkylation sites (N-methyl/N-ethyl adjacent to an activating group) is 1. The van der Waals surface area contributed by atoms with E-state index in [1.807, 2.05) is 44.2 Å². The molecule has 1 heterocycles. The minimum atomic E-state index is -0.651. The van der Waals surface area contributed by atoms with Crippen molar-refractivity contribution in [3.63, 3.8) is 0 Å². The Morgan fingerprint density at radius 3 is 2.42 bits per heavy atom. The molecule has 1 aliphatic rings. The van der Waals surface area contributed by atoms with E-state index < -0.39 is 17.7 Å². The van der Waals surface area contributed by atoms with E-state index >= 15 is 0 Å². The van der Waals surface area contributed by atoms with Crippen molar-refractivity contribution in [3.8, 4) is 0 Å². The highest BCUT2D eigenvalue weighted by molar-refractivity contribution is 5.96. The number of anilines is 1. The highest BCUT2D eigenvalue weighted by Gasteiger charge is 2.50. The molecule has 1 fully saturated rings. The fourth-order valence-corrected chi connectivity index (χ4v) is 2.24. The third-order valence-electron chi connectivity index (χ3n) is 3.60. The van der Waals surface area contributed by atoms with E-state index in [1.165, 1.54) is 0 Å². The van der Waals surface area contributed by atoms with Crippen LogP contribution in [0.1, 0.15) is 13.8 Å². The molecule has 0 spiro atoms. The summed E-state index contributed by atoms with van der Waals surface area (Å²) < 4.78 is 0. The molecule has 3 N–H and O–H groups in total. The van der Waals surface area contributed by atoms with Gasteiger partial charge in [0.25, 0.3) is 0 Å². The van der Waals surface area contributed by atoms with Crippen LogP contribution >= 0.6 is 0 Å². The van der Waals surface area contributed by atoms with Crippen molar-refractivity contribution in [2.75, 3.05) is 11.9 Å². The normalized spacial score (nSPS) is 21.6. The molecule has 6 nitrogen and oxygen atoms in total. The van der Waals surface area contributed by atoms with Gasteiger partial charge in [0.05, 0.1) is 5.54 Å². The van der Waals surface area contributed by atoms with Gasteiger partial charge in [-0.15, -0.1) is 0 Å². The predicted octanol–water partition coefficient (Wildman–Crippen LogP) is 1.33. The van der Waals surface area contributed by atoms with Crippen LogP contribution < -0.4 is 16.0 Å². The fourth-order valence-electron chi connectivity index (χ4n) is 2.24. The predicted molar refractivity (Wildman–Crippen MR) is 72.7 cm³/mol. The summed E-state index contributed by atoms with van der Waals surface area (Å²) in [6.45, 7) is 3.77. The monoisotopic (exact) mass is 262 g/mol. The van der Waals surface area contributed by atoms with Crippen LogP contribution in [0.5, 0.6) is 0 Å². The lowest BCUT2D eigenvalue weighted by molar-refractivity contribution is 0.179. The van der Waals surface area contributed by atoms with Gasteiger partial charge < -0.3 is 16.0 Å². The third-order valence-corrected chi connectivity index (χ3v) is 3.60. The number of hydrogen-bond donors (Lipinski definition) is 2. The van der Waals surface area contributed by atoms with Gasteiger partial charge in [0.2, 0.25) is 0 Å². The Bertz CT molecular complexity index is 501. The molecule has 19 heavy (non-hydrogen) atoms.